The number of nitrogens with one attached hydrogen (secondary N) is 1. The zero-order chi connectivity index (χ0) is 19.3. The van der Waals surface area contributed by atoms with Crippen molar-refractivity contribution in [2.45, 2.75) is 50.9 Å². The molecule has 0 saturated heterocycles. The Balaban J connectivity index is 1.99. The van der Waals surface area contributed by atoms with E-state index in [0.29, 0.717) is 4.47 Å². The standard InChI is InChI=1S/C16H17BrF3N3O3/c1-15(2,3)26-14(24)22-13-23-16(12(19)20,8-5-10(8)25-13)9-4-7(17)6-21-11(9)18/h4,6,8,10,12H,5H2,1-3H3,(H,22,23,24)/t8-,10?,16-/m0/s1. The van der Waals surface area contributed by atoms with E-state index in [2.05, 4.69) is 31.2 Å². The van der Waals surface area contributed by atoms with Crippen molar-refractivity contribution < 1.29 is 27.4 Å². The topological polar surface area (TPSA) is 72.8 Å². The third-order valence-corrected chi connectivity index (χ3v) is 4.46. The lowest BCUT2D eigenvalue weighted by atomic mass is 9.86. The molecule has 1 aromatic heterocycles. The molecule has 6 nitrogen and oxygen atoms in total. The lowest BCUT2D eigenvalue weighted by molar-refractivity contribution is 0.0148. The summed E-state index contributed by atoms with van der Waals surface area (Å²) in [5, 5.41) is 2.22. The van der Waals surface area contributed by atoms with Gasteiger partial charge < -0.3 is 9.47 Å². The molecule has 2 heterocycles. The van der Waals surface area contributed by atoms with E-state index < -0.39 is 47.6 Å². The Morgan fingerprint density at radius 1 is 1.50 bits per heavy atom. The molecule has 142 valence electrons. The number of hydrogen-bond acceptors (Lipinski definition) is 5. The normalized spacial score (nSPS) is 27.3. The van der Waals surface area contributed by atoms with E-state index in [1.807, 2.05) is 0 Å². The number of carbonyl (C=O) groups is 1. The van der Waals surface area contributed by atoms with Gasteiger partial charge in [-0.3, -0.25) is 0 Å². The first kappa shape index (κ1) is 18.9. The zero-order valence-corrected chi connectivity index (χ0v) is 15.8. The average molecular weight is 436 g/mol. The van der Waals surface area contributed by atoms with Gasteiger partial charge in [0.1, 0.15) is 11.7 Å². The van der Waals surface area contributed by atoms with Crippen LogP contribution in [0, 0.1) is 11.9 Å². The number of fused-ring (bicyclic) bond motifs is 1. The fourth-order valence-electron chi connectivity index (χ4n) is 2.93. The Morgan fingerprint density at radius 3 is 2.81 bits per heavy atom. The Labute approximate surface area is 156 Å². The molecule has 0 aromatic carbocycles. The summed E-state index contributed by atoms with van der Waals surface area (Å²) in [7, 11) is 0. The van der Waals surface area contributed by atoms with Gasteiger partial charge in [0.05, 0.1) is 0 Å². The van der Waals surface area contributed by atoms with Gasteiger partial charge in [0, 0.05) is 22.2 Å². The molecule has 26 heavy (non-hydrogen) atoms. The van der Waals surface area contributed by atoms with E-state index in [-0.39, 0.29) is 12.0 Å². The molecule has 0 bridgehead atoms. The average Bonchev–Trinajstić information content (AvgIpc) is 3.26. The van der Waals surface area contributed by atoms with Crippen molar-refractivity contribution in [1.82, 2.24) is 10.3 Å². The summed E-state index contributed by atoms with van der Waals surface area (Å²) in [5.74, 6) is -1.75. The maximum atomic E-state index is 14.3. The maximum Gasteiger partial charge on any atom is 0.415 e. The third-order valence-electron chi connectivity index (χ3n) is 4.02. The van der Waals surface area contributed by atoms with Crippen molar-refractivity contribution in [3.63, 3.8) is 0 Å². The number of pyridine rings is 1. The molecule has 3 rings (SSSR count). The number of rotatable bonds is 2. The molecule has 0 spiro atoms. The maximum absolute atomic E-state index is 14.3. The van der Waals surface area contributed by atoms with Crippen LogP contribution < -0.4 is 5.32 Å². The fourth-order valence-corrected chi connectivity index (χ4v) is 3.26. The van der Waals surface area contributed by atoms with Gasteiger partial charge in [-0.25, -0.2) is 28.9 Å². The summed E-state index contributed by atoms with van der Waals surface area (Å²) >= 11 is 3.11. The monoisotopic (exact) mass is 435 g/mol. The van der Waals surface area contributed by atoms with Gasteiger partial charge in [0.25, 0.3) is 12.4 Å². The number of nitrogens with zero attached hydrogens (tertiary/aromatic N) is 2. The minimum atomic E-state index is -3.03. The Hall–Kier alpha value is -1.84. The van der Waals surface area contributed by atoms with E-state index in [4.69, 9.17) is 9.47 Å². The van der Waals surface area contributed by atoms with Gasteiger partial charge in [-0.15, -0.1) is 0 Å². The van der Waals surface area contributed by atoms with E-state index in [1.165, 1.54) is 12.3 Å². The van der Waals surface area contributed by atoms with Crippen LogP contribution in [0.5, 0.6) is 0 Å². The number of hydrogen-bond donors (Lipinski definition) is 1. The van der Waals surface area contributed by atoms with Gasteiger partial charge >= 0.3 is 6.09 Å². The summed E-state index contributed by atoms with van der Waals surface area (Å²) < 4.78 is 53.3. The Bertz CT molecular complexity index is 769. The van der Waals surface area contributed by atoms with Crippen molar-refractivity contribution in [3.05, 3.63) is 28.2 Å². The van der Waals surface area contributed by atoms with Crippen LogP contribution in [0.3, 0.4) is 0 Å². The van der Waals surface area contributed by atoms with Crippen LogP contribution in [0.25, 0.3) is 0 Å². The highest BCUT2D eigenvalue weighted by Gasteiger charge is 2.65. The number of aromatic nitrogens is 1. The van der Waals surface area contributed by atoms with Crippen molar-refractivity contribution in [3.8, 4) is 0 Å². The van der Waals surface area contributed by atoms with Gasteiger partial charge in [0.15, 0.2) is 5.54 Å². The molecule has 0 radical (unpaired) electrons. The molecule has 1 amide bonds. The number of amides is 1. The number of aliphatic imine (C=N–C) groups is 1. The number of ether oxygens (including phenoxy) is 2. The number of alkyl carbamates (subject to hydrolysis) is 1. The van der Waals surface area contributed by atoms with Crippen molar-refractivity contribution in [1.29, 1.82) is 0 Å². The second-order valence-corrected chi connectivity index (χ2v) is 8.08. The van der Waals surface area contributed by atoms with E-state index in [1.54, 1.807) is 20.8 Å². The molecule has 1 saturated carbocycles. The molecule has 1 unspecified atom stereocenters. The Kier molecular flexibility index (Phi) is 4.66. The summed E-state index contributed by atoms with van der Waals surface area (Å²) in [6.07, 6.45) is -3.08. The fraction of sp³-hybridized carbons (Fsp3) is 0.562. The zero-order valence-electron chi connectivity index (χ0n) is 14.2. The molecular weight excluding hydrogens is 419 g/mol. The second kappa shape index (κ2) is 6.40. The first-order valence-corrected chi connectivity index (χ1v) is 8.68. The van der Waals surface area contributed by atoms with Crippen LogP contribution in [0.2, 0.25) is 0 Å². The van der Waals surface area contributed by atoms with Crippen LogP contribution in [0.15, 0.2) is 21.7 Å². The van der Waals surface area contributed by atoms with Crippen LogP contribution in [0.1, 0.15) is 32.8 Å². The van der Waals surface area contributed by atoms with Crippen LogP contribution >= 0.6 is 15.9 Å². The molecule has 3 atom stereocenters. The van der Waals surface area contributed by atoms with Gasteiger partial charge in [-0.1, -0.05) is 0 Å². The molecule has 1 aromatic rings. The first-order valence-electron chi connectivity index (χ1n) is 7.89. The van der Waals surface area contributed by atoms with Crippen LogP contribution in [-0.4, -0.2) is 35.2 Å². The van der Waals surface area contributed by atoms with E-state index in [0.717, 1.165) is 0 Å². The molecule has 10 heteroatoms. The highest BCUT2D eigenvalue weighted by atomic mass is 79.9. The van der Waals surface area contributed by atoms with E-state index >= 15 is 0 Å². The molecular formula is C16H17BrF3N3O3. The van der Waals surface area contributed by atoms with Gasteiger partial charge in [0.2, 0.25) is 5.95 Å². The van der Waals surface area contributed by atoms with Crippen molar-refractivity contribution in [2.75, 3.05) is 0 Å². The number of alkyl halides is 2. The highest BCUT2D eigenvalue weighted by Crippen LogP contribution is 2.56. The molecule has 1 fully saturated rings. The Morgan fingerprint density at radius 2 is 2.19 bits per heavy atom. The van der Waals surface area contributed by atoms with Gasteiger partial charge in [-0.05, 0) is 49.2 Å². The summed E-state index contributed by atoms with van der Waals surface area (Å²) in [5.41, 5.74) is -3.32. The minimum Gasteiger partial charge on any atom is -0.461 e. The quantitative estimate of drug-likeness (QED) is 0.718. The summed E-state index contributed by atoms with van der Waals surface area (Å²) in [6.45, 7) is 4.96. The molecule has 1 aliphatic heterocycles. The SMILES string of the molecule is CC(C)(C)OC(=O)NC1=N[C@@](c2cc(Br)cnc2F)(C(F)F)[C@H]2CC2O1. The molecule has 2 aliphatic rings. The smallest absolute Gasteiger partial charge is 0.415 e. The highest BCUT2D eigenvalue weighted by molar-refractivity contribution is 9.10. The summed E-state index contributed by atoms with van der Waals surface area (Å²) in [4.78, 5) is 19.3. The van der Waals surface area contributed by atoms with E-state index in [9.17, 15) is 18.0 Å². The van der Waals surface area contributed by atoms with Gasteiger partial charge in [-0.2, -0.15) is 4.39 Å². The van der Waals surface area contributed by atoms with Crippen molar-refractivity contribution in [2.24, 2.45) is 10.9 Å². The van der Waals surface area contributed by atoms with Crippen molar-refractivity contribution >= 4 is 28.0 Å². The third kappa shape index (κ3) is 3.51. The second-order valence-electron chi connectivity index (χ2n) is 7.16. The predicted molar refractivity (Wildman–Crippen MR) is 89.4 cm³/mol. The number of amidine groups is 1. The lowest BCUT2D eigenvalue weighted by Gasteiger charge is -2.33. The molecule has 1 aliphatic carbocycles. The minimum absolute atomic E-state index is 0.263. The first-order chi connectivity index (χ1) is 12.0. The lowest BCUT2D eigenvalue weighted by Crippen LogP contribution is -2.46. The van der Waals surface area contributed by atoms with Crippen LogP contribution in [-0.2, 0) is 15.0 Å². The molecule has 1 N–H and O–H groups in total. The summed E-state index contributed by atoms with van der Waals surface area (Å²) in [6, 6.07) is 0.807. The number of halogens is 4. The largest absolute Gasteiger partial charge is 0.461 e. The number of carbonyl (C=O) groups excluding carboxylic acids is 1. The predicted octanol–water partition coefficient (Wildman–Crippen LogP) is 3.74. The van der Waals surface area contributed by atoms with Crippen LogP contribution in [0.4, 0.5) is 18.0 Å².